The van der Waals surface area contributed by atoms with Gasteiger partial charge in [-0.3, -0.25) is 14.5 Å². The second-order valence-electron chi connectivity index (χ2n) is 7.67. The Kier molecular flexibility index (Phi) is 8.03. The zero-order valence-electron chi connectivity index (χ0n) is 19.2. The predicted octanol–water partition coefficient (Wildman–Crippen LogP) is -0.458. The van der Waals surface area contributed by atoms with E-state index in [0.717, 1.165) is 9.80 Å². The standard InChI is InChI=1S/C21H24N6O8S/c1-23-20(33)26(2)21(34)25-12(10-6-4-3-5-7-10)15(28)24-13-16(29)27-14(18(30)31)11(8-35-19(22)32)9-36-17(13)27/h3-7,12-13,17H,8-9H2,1-2H3,(H2,22,32)(H,23,33)(H,24,28)(H,25,34)(H,30,31)/t12?,13?,17-/m0/s1. The highest BCUT2D eigenvalue weighted by Gasteiger charge is 2.54. The van der Waals surface area contributed by atoms with Gasteiger partial charge in [0.1, 0.15) is 29.8 Å². The van der Waals surface area contributed by atoms with Gasteiger partial charge in [0.05, 0.1) is 0 Å². The van der Waals surface area contributed by atoms with Crippen molar-refractivity contribution in [1.82, 2.24) is 25.8 Å². The number of carbonyl (C=O) groups is 6. The maximum absolute atomic E-state index is 13.2. The van der Waals surface area contributed by atoms with Crippen molar-refractivity contribution < 1.29 is 38.6 Å². The van der Waals surface area contributed by atoms with Crippen LogP contribution in [0.1, 0.15) is 11.6 Å². The molecule has 0 spiro atoms. The van der Waals surface area contributed by atoms with E-state index < -0.39 is 60.0 Å². The topological polar surface area (TPSA) is 200 Å². The first kappa shape index (κ1) is 26.3. The van der Waals surface area contributed by atoms with Crippen LogP contribution >= 0.6 is 11.8 Å². The number of carbonyl (C=O) groups excluding carboxylic acids is 5. The third kappa shape index (κ3) is 5.35. The minimum atomic E-state index is -1.40. The molecule has 0 saturated carbocycles. The van der Waals surface area contributed by atoms with Crippen LogP contribution in [0.4, 0.5) is 14.4 Å². The number of fused-ring (bicyclic) bond motifs is 1. The Morgan fingerprint density at radius 2 is 1.89 bits per heavy atom. The Morgan fingerprint density at radius 1 is 1.22 bits per heavy atom. The molecule has 15 heteroatoms. The van der Waals surface area contributed by atoms with Gasteiger partial charge in [-0.25, -0.2) is 24.1 Å². The van der Waals surface area contributed by atoms with Crippen LogP contribution < -0.4 is 21.7 Å². The average molecular weight is 521 g/mol. The molecule has 0 aliphatic carbocycles. The number of primary amides is 1. The largest absolute Gasteiger partial charge is 0.477 e. The van der Waals surface area contributed by atoms with E-state index in [-0.39, 0.29) is 17.0 Å². The predicted molar refractivity (Wildman–Crippen MR) is 125 cm³/mol. The SMILES string of the molecule is CNC(=O)N(C)C(=O)NC(C(=O)NC1C(=O)N2C(C(=O)O)=C(COC(N)=O)CS[C@@H]12)c1ccccc1. The molecular weight excluding hydrogens is 496 g/mol. The Morgan fingerprint density at radius 3 is 2.47 bits per heavy atom. The molecule has 14 nitrogen and oxygen atoms in total. The zero-order valence-corrected chi connectivity index (χ0v) is 20.0. The van der Waals surface area contributed by atoms with E-state index in [1.54, 1.807) is 30.3 Å². The van der Waals surface area contributed by atoms with E-state index in [1.165, 1.54) is 25.9 Å². The Hall–Kier alpha value is -4.27. The molecule has 192 valence electrons. The van der Waals surface area contributed by atoms with Gasteiger partial charge in [0, 0.05) is 25.4 Å². The summed E-state index contributed by atoms with van der Waals surface area (Å²) in [4.78, 5) is 74.9. The van der Waals surface area contributed by atoms with Gasteiger partial charge < -0.3 is 31.5 Å². The molecule has 1 fully saturated rings. The number of β-lactam (4-membered cyclic amide) rings is 1. The van der Waals surface area contributed by atoms with Gasteiger partial charge in [-0.2, -0.15) is 0 Å². The van der Waals surface area contributed by atoms with E-state index in [4.69, 9.17) is 5.73 Å². The van der Waals surface area contributed by atoms with Crippen molar-refractivity contribution >= 4 is 47.7 Å². The molecule has 0 radical (unpaired) electrons. The molecule has 6 N–H and O–H groups in total. The van der Waals surface area contributed by atoms with Crippen LogP contribution in [0.2, 0.25) is 0 Å². The number of nitrogens with two attached hydrogens (primary N) is 1. The van der Waals surface area contributed by atoms with Gasteiger partial charge in [-0.1, -0.05) is 30.3 Å². The molecule has 7 amide bonds. The second-order valence-corrected chi connectivity index (χ2v) is 8.77. The number of nitrogens with zero attached hydrogens (tertiary/aromatic N) is 2. The molecule has 1 aromatic rings. The third-order valence-corrected chi connectivity index (χ3v) is 6.76. The quantitative estimate of drug-likeness (QED) is 0.295. The number of imide groups is 1. The summed E-state index contributed by atoms with van der Waals surface area (Å²) in [5.41, 5.74) is 5.19. The van der Waals surface area contributed by atoms with Crippen molar-refractivity contribution in [1.29, 1.82) is 0 Å². The van der Waals surface area contributed by atoms with Crippen LogP contribution in [0.25, 0.3) is 0 Å². The molecular formula is C21H24N6O8S. The fourth-order valence-electron chi connectivity index (χ4n) is 3.62. The Balaban J connectivity index is 1.78. The number of rotatable bonds is 7. The molecule has 3 atom stereocenters. The molecule has 0 bridgehead atoms. The number of amides is 7. The minimum Gasteiger partial charge on any atom is -0.477 e. The average Bonchev–Trinajstić information content (AvgIpc) is 2.87. The highest BCUT2D eigenvalue weighted by atomic mass is 32.2. The summed E-state index contributed by atoms with van der Waals surface area (Å²) in [6.07, 6.45) is -1.09. The molecule has 2 aliphatic heterocycles. The number of hydrogen-bond donors (Lipinski definition) is 5. The summed E-state index contributed by atoms with van der Waals surface area (Å²) in [5, 5.41) is 16.2. The molecule has 0 aromatic heterocycles. The van der Waals surface area contributed by atoms with Gasteiger partial charge in [0.15, 0.2) is 0 Å². The lowest BCUT2D eigenvalue weighted by molar-refractivity contribution is -0.151. The normalized spacial score (nSPS) is 19.3. The van der Waals surface area contributed by atoms with Gasteiger partial charge >= 0.3 is 24.1 Å². The molecule has 3 rings (SSSR count). The summed E-state index contributed by atoms with van der Waals surface area (Å²) in [6.45, 7) is -0.390. The lowest BCUT2D eigenvalue weighted by atomic mass is 10.0. The minimum absolute atomic E-state index is 0.117. The van der Waals surface area contributed by atoms with Gasteiger partial charge in [0.25, 0.3) is 5.91 Å². The Bertz CT molecular complexity index is 1130. The van der Waals surface area contributed by atoms with E-state index in [0.29, 0.717) is 5.56 Å². The fourth-order valence-corrected chi connectivity index (χ4v) is 4.94. The summed E-state index contributed by atoms with van der Waals surface area (Å²) in [7, 11) is 2.56. The molecule has 36 heavy (non-hydrogen) atoms. The number of ether oxygens (including phenoxy) is 1. The van der Waals surface area contributed by atoms with Crippen LogP contribution in [0, 0.1) is 0 Å². The van der Waals surface area contributed by atoms with Crippen LogP contribution in [0.5, 0.6) is 0 Å². The molecule has 2 unspecified atom stereocenters. The molecule has 1 saturated heterocycles. The number of thioether (sulfide) groups is 1. The number of carboxylic acid groups (broad SMARTS) is 1. The first-order valence-electron chi connectivity index (χ1n) is 10.5. The number of aliphatic carboxylic acids is 1. The molecule has 2 aliphatic rings. The van der Waals surface area contributed by atoms with Gasteiger partial charge in [-0.05, 0) is 5.56 Å². The number of carboxylic acids is 1. The maximum Gasteiger partial charge on any atom is 0.404 e. The second kappa shape index (κ2) is 11.0. The van der Waals surface area contributed by atoms with Crippen molar-refractivity contribution in [2.75, 3.05) is 26.5 Å². The van der Waals surface area contributed by atoms with Crippen LogP contribution in [0.15, 0.2) is 41.6 Å². The van der Waals surface area contributed by atoms with Crippen LogP contribution in [0.3, 0.4) is 0 Å². The van der Waals surface area contributed by atoms with Crippen LogP contribution in [-0.4, -0.2) is 88.7 Å². The van der Waals surface area contributed by atoms with Crippen molar-refractivity contribution in [3.8, 4) is 0 Å². The molecule has 1 aromatic carbocycles. The highest BCUT2D eigenvalue weighted by molar-refractivity contribution is 8.00. The highest BCUT2D eigenvalue weighted by Crippen LogP contribution is 2.40. The molecule has 2 heterocycles. The van der Waals surface area contributed by atoms with Crippen molar-refractivity contribution in [3.63, 3.8) is 0 Å². The Labute approximate surface area is 209 Å². The van der Waals surface area contributed by atoms with E-state index in [9.17, 15) is 33.9 Å². The summed E-state index contributed by atoms with van der Waals surface area (Å²) in [6, 6.07) is 4.30. The van der Waals surface area contributed by atoms with Crippen molar-refractivity contribution in [3.05, 3.63) is 47.2 Å². The first-order valence-corrected chi connectivity index (χ1v) is 11.5. The summed E-state index contributed by atoms with van der Waals surface area (Å²) >= 11 is 1.17. The number of benzene rings is 1. The monoisotopic (exact) mass is 520 g/mol. The zero-order chi connectivity index (χ0) is 26.6. The third-order valence-electron chi connectivity index (χ3n) is 5.42. The van der Waals surface area contributed by atoms with Gasteiger partial charge in [0.2, 0.25) is 5.91 Å². The number of urea groups is 2. The van der Waals surface area contributed by atoms with Crippen LogP contribution in [-0.2, 0) is 19.1 Å². The van der Waals surface area contributed by atoms with E-state index >= 15 is 0 Å². The lowest BCUT2D eigenvalue weighted by Crippen LogP contribution is -2.71. The van der Waals surface area contributed by atoms with E-state index in [1.807, 2.05) is 0 Å². The van der Waals surface area contributed by atoms with Gasteiger partial charge in [-0.15, -0.1) is 11.8 Å². The first-order chi connectivity index (χ1) is 17.1. The maximum atomic E-state index is 13.2. The lowest BCUT2D eigenvalue weighted by Gasteiger charge is -2.49. The number of nitrogens with one attached hydrogen (secondary N) is 3. The fraction of sp³-hybridized carbons (Fsp3) is 0.333. The number of hydrogen-bond acceptors (Lipinski definition) is 8. The smallest absolute Gasteiger partial charge is 0.404 e. The van der Waals surface area contributed by atoms with Crippen molar-refractivity contribution in [2.24, 2.45) is 5.73 Å². The summed E-state index contributed by atoms with van der Waals surface area (Å²) < 4.78 is 4.68. The van der Waals surface area contributed by atoms with Crippen molar-refractivity contribution in [2.45, 2.75) is 17.5 Å². The summed E-state index contributed by atoms with van der Waals surface area (Å²) in [5.74, 6) is -2.70. The van der Waals surface area contributed by atoms with E-state index in [2.05, 4.69) is 20.7 Å².